The van der Waals surface area contributed by atoms with Crippen LogP contribution in [0.5, 0.6) is 0 Å². The predicted molar refractivity (Wildman–Crippen MR) is 76.5 cm³/mol. The summed E-state index contributed by atoms with van der Waals surface area (Å²) in [7, 11) is 0. The maximum absolute atomic E-state index is 8.80. The first-order valence-electron chi connectivity index (χ1n) is 5.26. The van der Waals surface area contributed by atoms with Crippen LogP contribution < -0.4 is 5.32 Å². The Morgan fingerprint density at radius 2 is 1.94 bits per heavy atom. The minimum atomic E-state index is 0.616. The van der Waals surface area contributed by atoms with Gasteiger partial charge in [0.1, 0.15) is 0 Å². The van der Waals surface area contributed by atoms with Gasteiger partial charge in [0, 0.05) is 15.7 Å². The number of hydrogen-bond donors (Lipinski definition) is 1. The van der Waals surface area contributed by atoms with Gasteiger partial charge in [-0.1, -0.05) is 12.0 Å². The van der Waals surface area contributed by atoms with E-state index >= 15 is 0 Å². The van der Waals surface area contributed by atoms with Gasteiger partial charge in [-0.3, -0.25) is 0 Å². The van der Waals surface area contributed by atoms with Gasteiger partial charge >= 0.3 is 0 Å². The van der Waals surface area contributed by atoms with E-state index in [9.17, 15) is 0 Å². The summed E-state index contributed by atoms with van der Waals surface area (Å²) in [5.74, 6) is 2.59. The molecule has 0 radical (unpaired) electrons. The third-order valence-corrected chi connectivity index (χ3v) is 3.06. The Labute approximate surface area is 114 Å². The Morgan fingerprint density at radius 3 is 2.61 bits per heavy atom. The van der Waals surface area contributed by atoms with Crippen LogP contribution in [0.3, 0.4) is 0 Å². The highest BCUT2D eigenvalue weighted by molar-refractivity contribution is 9.10. The SMILES string of the molecule is C#Cc1cccc(Nc2ccc(C#N)cc2Br)c1. The van der Waals surface area contributed by atoms with Gasteiger partial charge in [0.05, 0.1) is 17.3 Å². The zero-order valence-electron chi connectivity index (χ0n) is 9.44. The van der Waals surface area contributed by atoms with E-state index in [1.54, 1.807) is 12.1 Å². The molecule has 0 aliphatic carbocycles. The number of terminal acetylenes is 1. The standard InChI is InChI=1S/C15H9BrN2/c1-2-11-4-3-5-13(8-11)18-15-7-6-12(10-17)9-14(15)16/h1,3-9,18H. The first-order chi connectivity index (χ1) is 8.72. The van der Waals surface area contributed by atoms with Crippen LogP contribution in [0.4, 0.5) is 11.4 Å². The maximum Gasteiger partial charge on any atom is 0.0992 e. The molecule has 0 aromatic heterocycles. The van der Waals surface area contributed by atoms with E-state index in [1.807, 2.05) is 30.3 Å². The van der Waals surface area contributed by atoms with Crippen molar-refractivity contribution in [2.24, 2.45) is 0 Å². The highest BCUT2D eigenvalue weighted by Crippen LogP contribution is 2.27. The van der Waals surface area contributed by atoms with Crippen LogP contribution in [-0.2, 0) is 0 Å². The molecular weight excluding hydrogens is 288 g/mol. The number of nitrogens with one attached hydrogen (secondary N) is 1. The highest BCUT2D eigenvalue weighted by atomic mass is 79.9. The van der Waals surface area contributed by atoms with Crippen molar-refractivity contribution in [3.05, 3.63) is 58.1 Å². The van der Waals surface area contributed by atoms with Crippen LogP contribution in [0.2, 0.25) is 0 Å². The van der Waals surface area contributed by atoms with E-state index in [2.05, 4.69) is 33.2 Å². The Morgan fingerprint density at radius 1 is 1.11 bits per heavy atom. The number of nitriles is 1. The second-order valence-electron chi connectivity index (χ2n) is 3.66. The normalized spacial score (nSPS) is 9.28. The summed E-state index contributed by atoms with van der Waals surface area (Å²) in [6.45, 7) is 0. The molecule has 0 amide bonds. The van der Waals surface area contributed by atoms with Crippen molar-refractivity contribution in [1.82, 2.24) is 0 Å². The zero-order chi connectivity index (χ0) is 13.0. The second-order valence-corrected chi connectivity index (χ2v) is 4.51. The van der Waals surface area contributed by atoms with Crippen molar-refractivity contribution < 1.29 is 0 Å². The van der Waals surface area contributed by atoms with E-state index in [0.29, 0.717) is 5.56 Å². The van der Waals surface area contributed by atoms with Crippen LogP contribution in [0.25, 0.3) is 0 Å². The molecule has 2 aromatic rings. The lowest BCUT2D eigenvalue weighted by Gasteiger charge is -2.09. The molecule has 0 unspecified atom stereocenters. The van der Waals surface area contributed by atoms with Crippen LogP contribution in [0.15, 0.2) is 46.9 Å². The number of nitrogens with zero attached hydrogens (tertiary/aromatic N) is 1. The van der Waals surface area contributed by atoms with Gasteiger partial charge in [-0.05, 0) is 52.3 Å². The monoisotopic (exact) mass is 296 g/mol. The largest absolute Gasteiger partial charge is 0.355 e. The smallest absolute Gasteiger partial charge is 0.0992 e. The summed E-state index contributed by atoms with van der Waals surface area (Å²) < 4.78 is 0.840. The van der Waals surface area contributed by atoms with Crippen molar-refractivity contribution in [3.8, 4) is 18.4 Å². The predicted octanol–water partition coefficient (Wildman–Crippen LogP) is 4.05. The molecule has 0 atom stereocenters. The minimum Gasteiger partial charge on any atom is -0.355 e. The van der Waals surface area contributed by atoms with Crippen molar-refractivity contribution in [2.75, 3.05) is 5.32 Å². The highest BCUT2D eigenvalue weighted by Gasteiger charge is 2.02. The Kier molecular flexibility index (Phi) is 3.67. The van der Waals surface area contributed by atoms with Crippen LogP contribution >= 0.6 is 15.9 Å². The number of halogens is 1. The van der Waals surface area contributed by atoms with Gasteiger partial charge in [-0.2, -0.15) is 5.26 Å². The van der Waals surface area contributed by atoms with Gasteiger partial charge in [0.15, 0.2) is 0 Å². The fourth-order valence-electron chi connectivity index (χ4n) is 1.53. The molecule has 0 aliphatic heterocycles. The summed E-state index contributed by atoms with van der Waals surface area (Å²) in [5, 5.41) is 12.0. The van der Waals surface area contributed by atoms with Crippen molar-refractivity contribution in [3.63, 3.8) is 0 Å². The van der Waals surface area contributed by atoms with Gasteiger partial charge in [0.25, 0.3) is 0 Å². The third kappa shape index (κ3) is 2.71. The molecule has 18 heavy (non-hydrogen) atoms. The van der Waals surface area contributed by atoms with Crippen molar-refractivity contribution in [2.45, 2.75) is 0 Å². The summed E-state index contributed by atoms with van der Waals surface area (Å²) in [6.07, 6.45) is 5.36. The molecule has 0 saturated carbocycles. The van der Waals surface area contributed by atoms with Crippen LogP contribution in [0, 0.1) is 23.7 Å². The molecule has 0 spiro atoms. The molecule has 0 fully saturated rings. The van der Waals surface area contributed by atoms with Crippen LogP contribution in [-0.4, -0.2) is 0 Å². The molecule has 2 aromatic carbocycles. The van der Waals surface area contributed by atoms with E-state index < -0.39 is 0 Å². The van der Waals surface area contributed by atoms with Crippen molar-refractivity contribution >= 4 is 27.3 Å². The van der Waals surface area contributed by atoms with Gasteiger partial charge < -0.3 is 5.32 Å². The minimum absolute atomic E-state index is 0.616. The number of rotatable bonds is 2. The van der Waals surface area contributed by atoms with E-state index in [4.69, 9.17) is 11.7 Å². The Hall–Kier alpha value is -2.23. The van der Waals surface area contributed by atoms with E-state index in [-0.39, 0.29) is 0 Å². The number of hydrogen-bond acceptors (Lipinski definition) is 2. The lowest BCUT2D eigenvalue weighted by atomic mass is 10.2. The van der Waals surface area contributed by atoms with Crippen LogP contribution in [0.1, 0.15) is 11.1 Å². The molecule has 0 bridgehead atoms. The van der Waals surface area contributed by atoms with Gasteiger partial charge in [-0.15, -0.1) is 6.42 Å². The van der Waals surface area contributed by atoms with E-state index in [1.165, 1.54) is 0 Å². The summed E-state index contributed by atoms with van der Waals surface area (Å²) in [5.41, 5.74) is 3.24. The van der Waals surface area contributed by atoms with Gasteiger partial charge in [0.2, 0.25) is 0 Å². The number of benzene rings is 2. The topological polar surface area (TPSA) is 35.8 Å². The average Bonchev–Trinajstić information content (AvgIpc) is 2.41. The zero-order valence-corrected chi connectivity index (χ0v) is 11.0. The fourth-order valence-corrected chi connectivity index (χ4v) is 2.01. The molecule has 0 aliphatic rings. The van der Waals surface area contributed by atoms with E-state index in [0.717, 1.165) is 21.4 Å². The quantitative estimate of drug-likeness (QED) is 0.849. The molecule has 2 rings (SSSR count). The van der Waals surface area contributed by atoms with Crippen molar-refractivity contribution in [1.29, 1.82) is 5.26 Å². The molecule has 0 saturated heterocycles. The first kappa shape index (κ1) is 12.2. The molecule has 1 N–H and O–H groups in total. The Bertz CT molecular complexity index is 663. The maximum atomic E-state index is 8.80. The third-order valence-electron chi connectivity index (χ3n) is 2.41. The lowest BCUT2D eigenvalue weighted by Crippen LogP contribution is -1.92. The fraction of sp³-hybridized carbons (Fsp3) is 0. The first-order valence-corrected chi connectivity index (χ1v) is 6.05. The molecule has 0 heterocycles. The lowest BCUT2D eigenvalue weighted by molar-refractivity contribution is 1.46. The average molecular weight is 297 g/mol. The molecule has 86 valence electrons. The Balaban J connectivity index is 2.29. The number of anilines is 2. The molecule has 2 nitrogen and oxygen atoms in total. The summed E-state index contributed by atoms with van der Waals surface area (Å²) >= 11 is 3.43. The molecule has 3 heteroatoms. The summed E-state index contributed by atoms with van der Waals surface area (Å²) in [4.78, 5) is 0. The van der Waals surface area contributed by atoms with Gasteiger partial charge in [-0.25, -0.2) is 0 Å². The second kappa shape index (κ2) is 5.40. The summed E-state index contributed by atoms with van der Waals surface area (Å²) in [6, 6.07) is 15.1. The molecular formula is C15H9BrN2.